The Balaban J connectivity index is 2.66. The maximum absolute atomic E-state index is 5.81. The van der Waals surface area contributed by atoms with Crippen LogP contribution in [0.5, 0.6) is 5.88 Å². The molecule has 1 rings (SSSR count). The Morgan fingerprint density at radius 1 is 1.15 bits per heavy atom. The van der Waals surface area contributed by atoms with Gasteiger partial charge in [0.2, 0.25) is 5.88 Å². The van der Waals surface area contributed by atoms with Gasteiger partial charge in [0.1, 0.15) is 0 Å². The quantitative estimate of drug-likeness (QED) is 0.649. The standard InChI is InChI=1S/C17H30N2O/c1-5-7-8-10-20-17-12-15(13-18-9-6-2)11-16(19-17)14(3)4/h11-12,14,18H,5-10,13H2,1-4H3. The average Bonchev–Trinajstić information content (AvgIpc) is 2.44. The lowest BCUT2D eigenvalue weighted by molar-refractivity contribution is 0.293. The van der Waals surface area contributed by atoms with Crippen LogP contribution in [0.1, 0.15) is 70.6 Å². The third-order valence-corrected chi connectivity index (χ3v) is 3.23. The topological polar surface area (TPSA) is 34.1 Å². The highest BCUT2D eigenvalue weighted by molar-refractivity contribution is 5.26. The molecule has 0 radical (unpaired) electrons. The number of hydrogen-bond acceptors (Lipinski definition) is 3. The first-order valence-electron chi connectivity index (χ1n) is 8.01. The summed E-state index contributed by atoms with van der Waals surface area (Å²) in [5.41, 5.74) is 2.38. The second-order valence-electron chi connectivity index (χ2n) is 5.63. The first-order chi connectivity index (χ1) is 9.67. The van der Waals surface area contributed by atoms with Crippen LogP contribution in [-0.2, 0) is 6.54 Å². The summed E-state index contributed by atoms with van der Waals surface area (Å²) in [5, 5.41) is 3.44. The van der Waals surface area contributed by atoms with E-state index in [1.54, 1.807) is 0 Å². The Bertz CT molecular complexity index is 377. The number of hydrogen-bond donors (Lipinski definition) is 1. The molecule has 0 aliphatic rings. The van der Waals surface area contributed by atoms with Crippen LogP contribution in [0.4, 0.5) is 0 Å². The fourth-order valence-corrected chi connectivity index (χ4v) is 1.99. The monoisotopic (exact) mass is 278 g/mol. The lowest BCUT2D eigenvalue weighted by Crippen LogP contribution is -2.14. The van der Waals surface area contributed by atoms with Crippen LogP contribution in [0, 0.1) is 0 Å². The van der Waals surface area contributed by atoms with Crippen LogP contribution in [0.25, 0.3) is 0 Å². The minimum Gasteiger partial charge on any atom is -0.478 e. The molecule has 1 heterocycles. The molecule has 3 heteroatoms. The SMILES string of the molecule is CCCCCOc1cc(CNCCC)cc(C(C)C)n1. The van der Waals surface area contributed by atoms with Crippen LogP contribution >= 0.6 is 0 Å². The van der Waals surface area contributed by atoms with E-state index in [4.69, 9.17) is 4.74 Å². The molecule has 3 nitrogen and oxygen atoms in total. The summed E-state index contributed by atoms with van der Waals surface area (Å²) < 4.78 is 5.81. The van der Waals surface area contributed by atoms with E-state index in [1.807, 2.05) is 0 Å². The van der Waals surface area contributed by atoms with E-state index in [2.05, 4.69) is 50.1 Å². The molecule has 0 fully saturated rings. The highest BCUT2D eigenvalue weighted by Gasteiger charge is 2.07. The molecule has 1 aromatic heterocycles. The summed E-state index contributed by atoms with van der Waals surface area (Å²) in [6.45, 7) is 11.4. The van der Waals surface area contributed by atoms with Gasteiger partial charge in [-0.05, 0) is 36.9 Å². The van der Waals surface area contributed by atoms with Gasteiger partial charge in [-0.25, -0.2) is 4.98 Å². The number of nitrogens with one attached hydrogen (secondary N) is 1. The molecule has 0 saturated heterocycles. The average molecular weight is 278 g/mol. The normalized spacial score (nSPS) is 11.1. The van der Waals surface area contributed by atoms with Crippen molar-refractivity contribution in [2.45, 2.75) is 65.8 Å². The van der Waals surface area contributed by atoms with Gasteiger partial charge in [0.15, 0.2) is 0 Å². The predicted octanol–water partition coefficient (Wildman–Crippen LogP) is 4.27. The maximum atomic E-state index is 5.81. The number of aromatic nitrogens is 1. The lowest BCUT2D eigenvalue weighted by Gasteiger charge is -2.12. The highest BCUT2D eigenvalue weighted by Crippen LogP contribution is 2.19. The molecule has 1 aromatic rings. The second kappa shape index (κ2) is 9.76. The summed E-state index contributed by atoms with van der Waals surface area (Å²) in [4.78, 5) is 4.61. The molecule has 0 unspecified atom stereocenters. The molecule has 0 bridgehead atoms. The molecule has 0 aromatic carbocycles. The Kier molecular flexibility index (Phi) is 8.28. The van der Waals surface area contributed by atoms with Crippen LogP contribution < -0.4 is 10.1 Å². The highest BCUT2D eigenvalue weighted by atomic mass is 16.5. The summed E-state index contributed by atoms with van der Waals surface area (Å²) in [6, 6.07) is 4.26. The van der Waals surface area contributed by atoms with Gasteiger partial charge in [0, 0.05) is 18.3 Å². The van der Waals surface area contributed by atoms with E-state index in [-0.39, 0.29) is 0 Å². The predicted molar refractivity (Wildman–Crippen MR) is 85.3 cm³/mol. The Morgan fingerprint density at radius 2 is 1.95 bits per heavy atom. The zero-order valence-electron chi connectivity index (χ0n) is 13.5. The van der Waals surface area contributed by atoms with Crippen molar-refractivity contribution in [2.75, 3.05) is 13.2 Å². The van der Waals surface area contributed by atoms with E-state index in [0.717, 1.165) is 44.1 Å². The molecule has 1 N–H and O–H groups in total. The van der Waals surface area contributed by atoms with Crippen molar-refractivity contribution >= 4 is 0 Å². The summed E-state index contributed by atoms with van der Waals surface area (Å²) in [6.07, 6.45) is 4.69. The van der Waals surface area contributed by atoms with Gasteiger partial charge in [-0.15, -0.1) is 0 Å². The van der Waals surface area contributed by atoms with Crippen molar-refractivity contribution in [1.82, 2.24) is 10.3 Å². The van der Waals surface area contributed by atoms with Gasteiger partial charge in [-0.1, -0.05) is 40.5 Å². The van der Waals surface area contributed by atoms with Crippen molar-refractivity contribution < 1.29 is 4.74 Å². The van der Waals surface area contributed by atoms with E-state index >= 15 is 0 Å². The minimum atomic E-state index is 0.430. The smallest absolute Gasteiger partial charge is 0.213 e. The van der Waals surface area contributed by atoms with E-state index in [9.17, 15) is 0 Å². The van der Waals surface area contributed by atoms with E-state index < -0.39 is 0 Å². The third kappa shape index (κ3) is 6.38. The fourth-order valence-electron chi connectivity index (χ4n) is 1.99. The maximum Gasteiger partial charge on any atom is 0.213 e. The van der Waals surface area contributed by atoms with Crippen LogP contribution in [0.15, 0.2) is 12.1 Å². The van der Waals surface area contributed by atoms with Crippen molar-refractivity contribution in [3.8, 4) is 5.88 Å². The van der Waals surface area contributed by atoms with Gasteiger partial charge >= 0.3 is 0 Å². The number of ether oxygens (including phenoxy) is 1. The number of pyridine rings is 1. The molecule has 20 heavy (non-hydrogen) atoms. The Morgan fingerprint density at radius 3 is 2.60 bits per heavy atom. The van der Waals surface area contributed by atoms with Crippen molar-refractivity contribution in [2.24, 2.45) is 0 Å². The molecule has 114 valence electrons. The Hall–Kier alpha value is -1.09. The number of unbranched alkanes of at least 4 members (excludes halogenated alkanes) is 2. The molecular formula is C17H30N2O. The zero-order chi connectivity index (χ0) is 14.8. The van der Waals surface area contributed by atoms with Crippen molar-refractivity contribution in [1.29, 1.82) is 0 Å². The van der Waals surface area contributed by atoms with Crippen molar-refractivity contribution in [3.63, 3.8) is 0 Å². The minimum absolute atomic E-state index is 0.430. The largest absolute Gasteiger partial charge is 0.478 e. The summed E-state index contributed by atoms with van der Waals surface area (Å²) in [7, 11) is 0. The van der Waals surface area contributed by atoms with E-state index in [1.165, 1.54) is 18.4 Å². The molecule has 0 spiro atoms. The Labute approximate surface area is 124 Å². The molecule has 0 aliphatic heterocycles. The van der Waals surface area contributed by atoms with Crippen LogP contribution in [-0.4, -0.2) is 18.1 Å². The first-order valence-corrected chi connectivity index (χ1v) is 8.01. The molecular weight excluding hydrogens is 248 g/mol. The third-order valence-electron chi connectivity index (χ3n) is 3.23. The van der Waals surface area contributed by atoms with Crippen LogP contribution in [0.2, 0.25) is 0 Å². The van der Waals surface area contributed by atoms with E-state index in [0.29, 0.717) is 5.92 Å². The molecule has 0 atom stereocenters. The second-order valence-corrected chi connectivity index (χ2v) is 5.63. The molecule has 0 saturated carbocycles. The molecule has 0 amide bonds. The fraction of sp³-hybridized carbons (Fsp3) is 0.706. The zero-order valence-corrected chi connectivity index (χ0v) is 13.5. The lowest BCUT2D eigenvalue weighted by atomic mass is 10.1. The first kappa shape index (κ1) is 17.0. The van der Waals surface area contributed by atoms with Gasteiger partial charge in [-0.3, -0.25) is 0 Å². The summed E-state index contributed by atoms with van der Waals surface area (Å²) >= 11 is 0. The van der Waals surface area contributed by atoms with Gasteiger partial charge < -0.3 is 10.1 Å². The number of rotatable bonds is 10. The van der Waals surface area contributed by atoms with Gasteiger partial charge in [0.25, 0.3) is 0 Å². The number of nitrogens with zero attached hydrogens (tertiary/aromatic N) is 1. The van der Waals surface area contributed by atoms with Crippen molar-refractivity contribution in [3.05, 3.63) is 23.4 Å². The van der Waals surface area contributed by atoms with Gasteiger partial charge in [0.05, 0.1) is 6.61 Å². The summed E-state index contributed by atoms with van der Waals surface area (Å²) in [5.74, 6) is 1.21. The van der Waals surface area contributed by atoms with Crippen LogP contribution in [0.3, 0.4) is 0 Å². The van der Waals surface area contributed by atoms with Gasteiger partial charge in [-0.2, -0.15) is 0 Å². The molecule has 0 aliphatic carbocycles.